The molecule has 0 saturated carbocycles. The van der Waals surface area contributed by atoms with E-state index in [1.807, 2.05) is 24.3 Å². The standard InChI is InChI=1S/C29H35FN6O2/c1-34-9-4-6-20(34)17-38-29-32-25-15-35(27-13-21(37)11-18-5-2-3-7-22(18)27)10-8-23(25)28(33-29)36-14-19-12-24(30)26(16-36)31-19/h2-3,5,7,11,13,19-20,24,26,31,37H,4,6,8-10,12,14-17H2,1H3. The number of likely N-dealkylation sites (tertiary alicyclic amines) is 1. The van der Waals surface area contributed by atoms with Crippen LogP contribution in [-0.2, 0) is 13.0 Å². The van der Waals surface area contributed by atoms with Crippen LogP contribution in [0.15, 0.2) is 36.4 Å². The summed E-state index contributed by atoms with van der Waals surface area (Å²) in [5.74, 6) is 1.16. The number of nitrogens with zero attached hydrogens (tertiary/aromatic N) is 5. The van der Waals surface area contributed by atoms with Gasteiger partial charge < -0.3 is 29.9 Å². The predicted octanol–water partition coefficient (Wildman–Crippen LogP) is 3.26. The number of piperazine rings is 1. The number of hydrogen-bond donors (Lipinski definition) is 2. The fraction of sp³-hybridized carbons (Fsp3) is 0.517. The molecule has 8 nitrogen and oxygen atoms in total. The molecule has 3 fully saturated rings. The Morgan fingerprint density at radius 1 is 1.13 bits per heavy atom. The molecule has 2 aromatic carbocycles. The van der Waals surface area contributed by atoms with Gasteiger partial charge in [-0.05, 0) is 50.7 Å². The van der Waals surface area contributed by atoms with Gasteiger partial charge in [-0.25, -0.2) is 4.39 Å². The largest absolute Gasteiger partial charge is 0.508 e. The Bertz CT molecular complexity index is 1350. The topological polar surface area (TPSA) is 77.0 Å². The highest BCUT2D eigenvalue weighted by atomic mass is 19.1. The summed E-state index contributed by atoms with van der Waals surface area (Å²) in [4.78, 5) is 16.7. The predicted molar refractivity (Wildman–Crippen MR) is 146 cm³/mol. The highest BCUT2D eigenvalue weighted by molar-refractivity contribution is 5.95. The fourth-order valence-corrected chi connectivity index (χ4v) is 6.77. The average Bonchev–Trinajstić information content (AvgIpc) is 3.45. The van der Waals surface area contributed by atoms with Crippen molar-refractivity contribution in [1.82, 2.24) is 20.2 Å². The molecular weight excluding hydrogens is 483 g/mol. The number of alkyl halides is 1. The van der Waals surface area contributed by atoms with E-state index in [2.05, 4.69) is 33.1 Å². The second-order valence-electron chi connectivity index (χ2n) is 11.3. The second kappa shape index (κ2) is 9.54. The smallest absolute Gasteiger partial charge is 0.318 e. The lowest BCUT2D eigenvalue weighted by molar-refractivity contribution is 0.187. The van der Waals surface area contributed by atoms with Crippen molar-refractivity contribution in [2.75, 3.05) is 49.6 Å². The summed E-state index contributed by atoms with van der Waals surface area (Å²) in [5.41, 5.74) is 3.08. The first-order valence-electron chi connectivity index (χ1n) is 13.9. The zero-order valence-corrected chi connectivity index (χ0v) is 21.8. The lowest BCUT2D eigenvalue weighted by atomic mass is 10.0. The number of phenols is 1. The van der Waals surface area contributed by atoms with Crippen LogP contribution in [0.2, 0.25) is 0 Å². The Morgan fingerprint density at radius 3 is 2.87 bits per heavy atom. The molecule has 4 aliphatic rings. The van der Waals surface area contributed by atoms with E-state index in [4.69, 9.17) is 14.7 Å². The molecule has 4 aliphatic heterocycles. The average molecular weight is 519 g/mol. The third-order valence-corrected chi connectivity index (χ3v) is 8.82. The molecule has 2 N–H and O–H groups in total. The molecule has 200 valence electrons. The Balaban J connectivity index is 1.23. The van der Waals surface area contributed by atoms with Gasteiger partial charge in [0.05, 0.1) is 18.3 Å². The first-order chi connectivity index (χ1) is 18.5. The first-order valence-corrected chi connectivity index (χ1v) is 13.9. The van der Waals surface area contributed by atoms with E-state index in [0.717, 1.165) is 66.0 Å². The quantitative estimate of drug-likeness (QED) is 0.533. The normalized spacial score (nSPS) is 27.2. The van der Waals surface area contributed by atoms with Crippen LogP contribution in [0.4, 0.5) is 15.9 Å². The molecule has 0 radical (unpaired) electrons. The minimum Gasteiger partial charge on any atom is -0.508 e. The second-order valence-corrected chi connectivity index (χ2v) is 11.3. The maximum Gasteiger partial charge on any atom is 0.318 e. The monoisotopic (exact) mass is 518 g/mol. The third-order valence-electron chi connectivity index (χ3n) is 8.82. The lowest BCUT2D eigenvalue weighted by Crippen LogP contribution is -2.53. The van der Waals surface area contributed by atoms with Crippen molar-refractivity contribution in [3.05, 3.63) is 47.7 Å². The first kappa shape index (κ1) is 23.9. The maximum atomic E-state index is 14.5. The highest BCUT2D eigenvalue weighted by Gasteiger charge is 2.41. The van der Waals surface area contributed by atoms with Crippen molar-refractivity contribution in [1.29, 1.82) is 0 Å². The molecule has 1 aromatic heterocycles. The summed E-state index contributed by atoms with van der Waals surface area (Å²) in [5, 5.41) is 16.0. The van der Waals surface area contributed by atoms with Gasteiger partial charge in [-0.2, -0.15) is 9.97 Å². The molecule has 7 rings (SSSR count). The van der Waals surface area contributed by atoms with Gasteiger partial charge >= 0.3 is 6.01 Å². The number of phenolic OH excluding ortho intramolecular Hbond substituents is 1. The van der Waals surface area contributed by atoms with E-state index < -0.39 is 6.17 Å². The Morgan fingerprint density at radius 2 is 2.03 bits per heavy atom. The number of fused-ring (bicyclic) bond motifs is 4. The molecule has 3 saturated heterocycles. The molecule has 5 heterocycles. The minimum atomic E-state index is -0.814. The molecule has 3 aromatic rings. The maximum absolute atomic E-state index is 14.5. The van der Waals surface area contributed by atoms with Gasteiger partial charge in [-0.1, -0.05) is 24.3 Å². The Kier molecular flexibility index (Phi) is 6.00. The van der Waals surface area contributed by atoms with E-state index in [9.17, 15) is 9.50 Å². The van der Waals surface area contributed by atoms with Gasteiger partial charge in [0.25, 0.3) is 0 Å². The number of hydrogen-bond acceptors (Lipinski definition) is 8. The number of ether oxygens (including phenoxy) is 1. The number of nitrogens with one attached hydrogen (secondary N) is 1. The van der Waals surface area contributed by atoms with Crippen molar-refractivity contribution in [2.45, 2.75) is 56.5 Å². The molecule has 2 bridgehead atoms. The molecule has 4 unspecified atom stereocenters. The van der Waals surface area contributed by atoms with Crippen LogP contribution >= 0.6 is 0 Å². The van der Waals surface area contributed by atoms with Crippen molar-refractivity contribution < 1.29 is 14.2 Å². The Labute approximate surface area is 222 Å². The van der Waals surface area contributed by atoms with Gasteiger partial charge in [0.2, 0.25) is 0 Å². The zero-order chi connectivity index (χ0) is 25.8. The van der Waals surface area contributed by atoms with E-state index in [1.165, 1.54) is 6.42 Å². The lowest BCUT2D eigenvalue weighted by Gasteiger charge is -2.37. The highest BCUT2D eigenvalue weighted by Crippen LogP contribution is 2.37. The summed E-state index contributed by atoms with van der Waals surface area (Å²) in [7, 11) is 2.14. The van der Waals surface area contributed by atoms with Crippen molar-refractivity contribution in [2.24, 2.45) is 0 Å². The van der Waals surface area contributed by atoms with Gasteiger partial charge in [0.1, 0.15) is 24.3 Å². The van der Waals surface area contributed by atoms with Crippen LogP contribution in [0.5, 0.6) is 11.8 Å². The number of benzene rings is 2. The summed E-state index contributed by atoms with van der Waals surface area (Å²) < 4.78 is 20.8. The number of rotatable bonds is 5. The molecular formula is C29H35FN6O2. The number of anilines is 2. The van der Waals surface area contributed by atoms with E-state index >= 15 is 0 Å². The molecule has 0 amide bonds. The number of aromatic nitrogens is 2. The van der Waals surface area contributed by atoms with Gasteiger partial charge in [-0.3, -0.25) is 0 Å². The van der Waals surface area contributed by atoms with E-state index in [1.54, 1.807) is 6.07 Å². The summed E-state index contributed by atoms with van der Waals surface area (Å²) in [6, 6.07) is 12.6. The minimum absolute atomic E-state index is 0.143. The van der Waals surface area contributed by atoms with E-state index in [0.29, 0.717) is 38.2 Å². The van der Waals surface area contributed by atoms with Gasteiger partial charge in [0.15, 0.2) is 0 Å². The van der Waals surface area contributed by atoms with Crippen molar-refractivity contribution in [3.63, 3.8) is 0 Å². The SMILES string of the molecule is CN1CCCC1COc1nc2c(c(N3CC4CC(F)C(C3)N4)n1)CCN(c1cc(O)cc3ccccc13)C2. The van der Waals surface area contributed by atoms with Crippen LogP contribution in [0, 0.1) is 0 Å². The van der Waals surface area contributed by atoms with E-state index in [-0.39, 0.29) is 17.8 Å². The zero-order valence-electron chi connectivity index (χ0n) is 21.8. The van der Waals surface area contributed by atoms with Crippen LogP contribution in [-0.4, -0.2) is 84.1 Å². The van der Waals surface area contributed by atoms with Crippen LogP contribution in [0.1, 0.15) is 30.5 Å². The molecule has 4 atom stereocenters. The Hall–Kier alpha value is -3.17. The molecule has 9 heteroatoms. The molecule has 0 aliphatic carbocycles. The number of likely N-dealkylation sites (N-methyl/N-ethyl adjacent to an activating group) is 1. The van der Waals surface area contributed by atoms with Gasteiger partial charge in [0, 0.05) is 54.4 Å². The fourth-order valence-electron chi connectivity index (χ4n) is 6.77. The summed E-state index contributed by atoms with van der Waals surface area (Å²) in [6.07, 6.45) is 2.82. The number of aromatic hydroxyl groups is 1. The van der Waals surface area contributed by atoms with Gasteiger partial charge in [-0.15, -0.1) is 0 Å². The van der Waals surface area contributed by atoms with Crippen LogP contribution in [0.25, 0.3) is 10.8 Å². The third kappa shape index (κ3) is 4.31. The summed E-state index contributed by atoms with van der Waals surface area (Å²) in [6.45, 7) is 4.39. The van der Waals surface area contributed by atoms with Crippen LogP contribution < -0.4 is 19.9 Å². The summed E-state index contributed by atoms with van der Waals surface area (Å²) >= 11 is 0. The van der Waals surface area contributed by atoms with Crippen molar-refractivity contribution in [3.8, 4) is 11.8 Å². The van der Waals surface area contributed by atoms with Crippen LogP contribution in [0.3, 0.4) is 0 Å². The molecule has 38 heavy (non-hydrogen) atoms. The number of halogens is 1. The van der Waals surface area contributed by atoms with Crippen molar-refractivity contribution >= 4 is 22.3 Å². The molecule has 0 spiro atoms.